The molecule has 0 spiro atoms. The van der Waals surface area contributed by atoms with E-state index in [0.717, 1.165) is 94.8 Å². The van der Waals surface area contributed by atoms with Crippen LogP contribution in [0.25, 0.3) is 66.0 Å². The molecule has 0 amide bonds. The van der Waals surface area contributed by atoms with Crippen molar-refractivity contribution in [2.24, 2.45) is 0 Å². The highest BCUT2D eigenvalue weighted by Gasteiger charge is 2.22. The van der Waals surface area contributed by atoms with Crippen molar-refractivity contribution in [2.45, 2.75) is 0 Å². The fourth-order valence-electron chi connectivity index (χ4n) is 9.17. The maximum atomic E-state index is 6.75. The molecular weight excluding hydrogens is 745 g/mol. The first-order valence-electron chi connectivity index (χ1n) is 20.7. The molecule has 0 aliphatic rings. The molecule has 5 heteroatoms. The topological polar surface area (TPSA) is 29.5 Å². The van der Waals surface area contributed by atoms with E-state index in [1.165, 1.54) is 5.39 Å². The van der Waals surface area contributed by atoms with E-state index in [0.29, 0.717) is 0 Å². The Morgan fingerprint density at radius 3 is 1.61 bits per heavy atom. The minimum Gasteiger partial charge on any atom is -0.455 e. The number of benzene rings is 9. The van der Waals surface area contributed by atoms with Crippen molar-refractivity contribution in [1.29, 1.82) is 0 Å². The summed E-state index contributed by atoms with van der Waals surface area (Å²) in [6.45, 7) is 0. The predicted octanol–water partition coefficient (Wildman–Crippen LogP) is 15.6. The highest BCUT2D eigenvalue weighted by molar-refractivity contribution is 6.24. The number of nitrogens with zero attached hydrogens (tertiary/aromatic N) is 4. The van der Waals surface area contributed by atoms with Gasteiger partial charge in [0, 0.05) is 73.2 Å². The summed E-state index contributed by atoms with van der Waals surface area (Å²) >= 11 is 0. The van der Waals surface area contributed by atoms with Crippen molar-refractivity contribution in [2.75, 3.05) is 9.80 Å². The molecular formula is C56H38N4O. The minimum absolute atomic E-state index is 0.887. The van der Waals surface area contributed by atoms with Gasteiger partial charge in [-0.1, -0.05) is 97.1 Å². The van der Waals surface area contributed by atoms with Crippen LogP contribution in [0.1, 0.15) is 0 Å². The van der Waals surface area contributed by atoms with Crippen molar-refractivity contribution in [1.82, 2.24) is 9.13 Å². The molecule has 5 nitrogen and oxygen atoms in total. The van der Waals surface area contributed by atoms with Crippen molar-refractivity contribution in [3.63, 3.8) is 0 Å². The summed E-state index contributed by atoms with van der Waals surface area (Å²) in [5, 5.41) is 5.63. The van der Waals surface area contributed by atoms with Crippen molar-refractivity contribution in [3.05, 3.63) is 231 Å². The monoisotopic (exact) mass is 782 g/mol. The number of fused-ring (bicyclic) bond motifs is 8. The smallest absolute Gasteiger partial charge is 0.145 e. The van der Waals surface area contributed by atoms with Crippen molar-refractivity contribution < 1.29 is 4.42 Å². The molecule has 0 N–H and O–H groups in total. The van der Waals surface area contributed by atoms with Crippen LogP contribution in [0.4, 0.5) is 34.1 Å². The summed E-state index contributed by atoms with van der Waals surface area (Å²) in [6.07, 6.45) is 2.16. The number of hydrogen-bond acceptors (Lipinski definition) is 3. The zero-order valence-corrected chi connectivity index (χ0v) is 33.1. The van der Waals surface area contributed by atoms with Crippen LogP contribution in [0.2, 0.25) is 0 Å². The summed E-state index contributed by atoms with van der Waals surface area (Å²) in [6, 6.07) is 79.9. The highest BCUT2D eigenvalue weighted by atomic mass is 16.3. The van der Waals surface area contributed by atoms with Gasteiger partial charge in [0.15, 0.2) is 0 Å². The van der Waals surface area contributed by atoms with E-state index in [9.17, 15) is 0 Å². The zero-order valence-electron chi connectivity index (χ0n) is 33.1. The first kappa shape index (κ1) is 34.7. The quantitative estimate of drug-likeness (QED) is 0.154. The number of aromatic nitrogens is 2. The molecule has 3 aromatic heterocycles. The van der Waals surface area contributed by atoms with Crippen LogP contribution in [0, 0.1) is 0 Å². The zero-order chi connectivity index (χ0) is 40.3. The maximum Gasteiger partial charge on any atom is 0.145 e. The third kappa shape index (κ3) is 5.78. The molecule has 288 valence electrons. The van der Waals surface area contributed by atoms with E-state index in [4.69, 9.17) is 4.42 Å². The van der Waals surface area contributed by atoms with E-state index in [1.54, 1.807) is 0 Å². The summed E-state index contributed by atoms with van der Waals surface area (Å²) < 4.78 is 11.4. The lowest BCUT2D eigenvalue weighted by Gasteiger charge is -2.26. The van der Waals surface area contributed by atoms with Crippen molar-refractivity contribution in [3.8, 4) is 11.4 Å². The van der Waals surface area contributed by atoms with Crippen LogP contribution < -0.4 is 9.80 Å². The standard InChI is InChI=1S/C56H38N4O/c1-5-16-40(17-6-1)57-35-34-39-36-46(29-32-51(39)57)59(43-22-11-4-12-23-43)44-24-15-25-45(37-44)60-52-33-31-49-48-26-13-14-27-54(48)61-56(49)55(52)50-30-28-47(38-53(50)60)58(41-18-7-2-8-19-41)42-20-9-3-10-21-42/h1-38H. The normalized spacial score (nSPS) is 11.6. The SMILES string of the molecule is c1ccc(N(c2cccc(-n3c4cc(N(c5ccccc5)c5ccccc5)ccc4c4c5oc6ccccc6c5ccc43)c2)c2ccc3c(ccn3-c3ccccc3)c2)cc1. The Morgan fingerprint density at radius 2 is 0.885 bits per heavy atom. The van der Waals surface area contributed by atoms with Crippen molar-refractivity contribution >= 4 is 88.8 Å². The van der Waals surface area contributed by atoms with Gasteiger partial charge in [0.05, 0.1) is 21.9 Å². The Labute approximate surface area is 352 Å². The molecule has 0 fully saturated rings. The van der Waals surface area contributed by atoms with Gasteiger partial charge < -0.3 is 23.4 Å². The predicted molar refractivity (Wildman–Crippen MR) is 254 cm³/mol. The lowest BCUT2D eigenvalue weighted by atomic mass is 10.1. The molecule has 0 saturated heterocycles. The molecule has 3 heterocycles. The summed E-state index contributed by atoms with van der Waals surface area (Å²) in [5.74, 6) is 0. The van der Waals surface area contributed by atoms with Gasteiger partial charge in [0.25, 0.3) is 0 Å². The molecule has 0 saturated carbocycles. The van der Waals surface area contributed by atoms with Crippen LogP contribution in [-0.4, -0.2) is 9.13 Å². The minimum atomic E-state index is 0.887. The molecule has 12 aromatic rings. The average Bonchev–Trinajstić information content (AvgIpc) is 4.02. The fourth-order valence-corrected chi connectivity index (χ4v) is 9.17. The van der Waals surface area contributed by atoms with E-state index < -0.39 is 0 Å². The number of rotatable bonds is 8. The van der Waals surface area contributed by atoms with Gasteiger partial charge in [-0.15, -0.1) is 0 Å². The third-order valence-electron chi connectivity index (χ3n) is 11.9. The second-order valence-electron chi connectivity index (χ2n) is 15.4. The van der Waals surface area contributed by atoms with Crippen LogP contribution >= 0.6 is 0 Å². The number of para-hydroxylation sites is 5. The molecule has 12 rings (SSSR count). The average molecular weight is 783 g/mol. The Kier molecular flexibility index (Phi) is 8.10. The van der Waals surface area contributed by atoms with E-state index in [2.05, 4.69) is 244 Å². The molecule has 0 unspecified atom stereocenters. The number of furan rings is 1. The van der Waals surface area contributed by atoms with Crippen LogP contribution in [-0.2, 0) is 0 Å². The molecule has 0 atom stereocenters. The molecule has 0 radical (unpaired) electrons. The largest absolute Gasteiger partial charge is 0.455 e. The van der Waals surface area contributed by atoms with Gasteiger partial charge >= 0.3 is 0 Å². The van der Waals surface area contributed by atoms with E-state index in [-0.39, 0.29) is 0 Å². The van der Waals surface area contributed by atoms with E-state index in [1.807, 2.05) is 6.07 Å². The lowest BCUT2D eigenvalue weighted by Crippen LogP contribution is -2.11. The molecule has 61 heavy (non-hydrogen) atoms. The lowest BCUT2D eigenvalue weighted by molar-refractivity contribution is 0.673. The van der Waals surface area contributed by atoms with Gasteiger partial charge in [-0.3, -0.25) is 0 Å². The van der Waals surface area contributed by atoms with Gasteiger partial charge in [-0.2, -0.15) is 0 Å². The van der Waals surface area contributed by atoms with Crippen LogP contribution in [0.5, 0.6) is 0 Å². The van der Waals surface area contributed by atoms with Gasteiger partial charge in [0.2, 0.25) is 0 Å². The Hall–Kier alpha value is -8.28. The molecule has 0 aliphatic carbocycles. The third-order valence-corrected chi connectivity index (χ3v) is 11.9. The van der Waals surface area contributed by atoms with Gasteiger partial charge in [0.1, 0.15) is 11.2 Å². The fraction of sp³-hybridized carbons (Fsp3) is 0. The van der Waals surface area contributed by atoms with Gasteiger partial charge in [-0.25, -0.2) is 0 Å². The van der Waals surface area contributed by atoms with E-state index >= 15 is 0 Å². The van der Waals surface area contributed by atoms with Crippen LogP contribution in [0.15, 0.2) is 235 Å². The first-order valence-corrected chi connectivity index (χ1v) is 20.7. The first-order chi connectivity index (χ1) is 30.3. The number of hydrogen-bond donors (Lipinski definition) is 0. The molecule has 9 aromatic carbocycles. The van der Waals surface area contributed by atoms with Gasteiger partial charge in [-0.05, 0) is 127 Å². The van der Waals surface area contributed by atoms with Crippen LogP contribution in [0.3, 0.4) is 0 Å². The molecule has 0 bridgehead atoms. The second-order valence-corrected chi connectivity index (χ2v) is 15.4. The second kappa shape index (κ2) is 14.2. The summed E-state index contributed by atoms with van der Waals surface area (Å²) in [7, 11) is 0. The number of anilines is 6. The Morgan fingerprint density at radius 1 is 0.344 bits per heavy atom. The highest BCUT2D eigenvalue weighted by Crippen LogP contribution is 2.45. The Balaban J connectivity index is 1.08. The Bertz CT molecular complexity index is 3490. The maximum absolute atomic E-state index is 6.75. The summed E-state index contributed by atoms with van der Waals surface area (Å²) in [5.41, 5.74) is 13.8. The molecule has 0 aliphatic heterocycles. The summed E-state index contributed by atoms with van der Waals surface area (Å²) in [4.78, 5) is 4.68.